The van der Waals surface area contributed by atoms with Gasteiger partial charge in [-0.15, -0.1) is 0 Å². The molecule has 1 amide bonds. The highest BCUT2D eigenvalue weighted by Crippen LogP contribution is 2.24. The van der Waals surface area contributed by atoms with Crippen molar-refractivity contribution in [3.05, 3.63) is 62.4 Å². The summed E-state index contributed by atoms with van der Waals surface area (Å²) in [4.78, 5) is 22.3. The maximum atomic E-state index is 13.4. The molecule has 0 bridgehead atoms. The zero-order valence-corrected chi connectivity index (χ0v) is 12.1. The Morgan fingerprint density at radius 1 is 1.29 bits per heavy atom. The quantitative estimate of drug-likeness (QED) is 0.502. The number of nitrogen functional groups attached to an aromatic ring is 1. The molecule has 0 saturated heterocycles. The molecule has 0 aliphatic heterocycles. The molecule has 0 heterocycles. The van der Waals surface area contributed by atoms with Crippen LogP contribution in [-0.2, 0) is 0 Å². The lowest BCUT2D eigenvalue weighted by atomic mass is 10.1. The second kappa shape index (κ2) is 5.88. The molecule has 3 N–H and O–H groups in total. The summed E-state index contributed by atoms with van der Waals surface area (Å²) in [5.41, 5.74) is 5.36. The molecule has 0 aliphatic rings. The molecule has 0 fully saturated rings. The summed E-state index contributed by atoms with van der Waals surface area (Å²) in [6.45, 7) is 0. The van der Waals surface area contributed by atoms with Crippen LogP contribution in [0.2, 0.25) is 0 Å². The number of anilines is 2. The van der Waals surface area contributed by atoms with Gasteiger partial charge in [-0.25, -0.2) is 4.39 Å². The van der Waals surface area contributed by atoms with Crippen LogP contribution in [0.5, 0.6) is 0 Å². The van der Waals surface area contributed by atoms with Crippen molar-refractivity contribution in [1.29, 1.82) is 0 Å². The summed E-state index contributed by atoms with van der Waals surface area (Å²) in [6, 6.07) is 7.64. The van der Waals surface area contributed by atoms with Crippen LogP contribution in [-0.4, -0.2) is 10.8 Å². The molecule has 8 heteroatoms. The molecule has 2 rings (SSSR count). The normalized spacial score (nSPS) is 10.2. The monoisotopic (exact) mass is 353 g/mol. The standard InChI is InChI=1S/C13H9BrFN3O3/c14-10-3-2-8(6-11(10)15)17-13(19)9-5-7(16)1-4-12(9)18(20)21/h1-6H,16H2,(H,17,19). The first-order valence-corrected chi connectivity index (χ1v) is 6.48. The van der Waals surface area contributed by atoms with Gasteiger partial charge >= 0.3 is 0 Å². The first-order valence-electron chi connectivity index (χ1n) is 5.69. The summed E-state index contributed by atoms with van der Waals surface area (Å²) >= 11 is 2.99. The lowest BCUT2D eigenvalue weighted by molar-refractivity contribution is -0.385. The van der Waals surface area contributed by atoms with Crippen LogP contribution in [0.25, 0.3) is 0 Å². The lowest BCUT2D eigenvalue weighted by Gasteiger charge is -2.07. The van der Waals surface area contributed by atoms with Gasteiger partial charge in [0.25, 0.3) is 11.6 Å². The number of nitro benzene ring substituents is 1. The van der Waals surface area contributed by atoms with Gasteiger partial charge in [0.05, 0.1) is 9.40 Å². The number of carbonyl (C=O) groups excluding carboxylic acids is 1. The topological polar surface area (TPSA) is 98.3 Å². The van der Waals surface area contributed by atoms with Crippen molar-refractivity contribution in [2.75, 3.05) is 11.1 Å². The van der Waals surface area contributed by atoms with Crippen LogP contribution >= 0.6 is 15.9 Å². The van der Waals surface area contributed by atoms with E-state index in [-0.39, 0.29) is 27.1 Å². The summed E-state index contributed by atoms with van der Waals surface area (Å²) < 4.78 is 13.6. The van der Waals surface area contributed by atoms with E-state index in [0.717, 1.165) is 12.1 Å². The fraction of sp³-hybridized carbons (Fsp3) is 0. The highest BCUT2D eigenvalue weighted by atomic mass is 79.9. The van der Waals surface area contributed by atoms with Crippen molar-refractivity contribution in [3.63, 3.8) is 0 Å². The van der Waals surface area contributed by atoms with Crippen LogP contribution in [0.1, 0.15) is 10.4 Å². The fourth-order valence-electron chi connectivity index (χ4n) is 1.67. The van der Waals surface area contributed by atoms with Crippen LogP contribution in [0, 0.1) is 15.9 Å². The zero-order chi connectivity index (χ0) is 15.6. The van der Waals surface area contributed by atoms with E-state index in [4.69, 9.17) is 5.73 Å². The maximum Gasteiger partial charge on any atom is 0.282 e. The molecule has 21 heavy (non-hydrogen) atoms. The van der Waals surface area contributed by atoms with Gasteiger partial charge in [0.2, 0.25) is 0 Å². The van der Waals surface area contributed by atoms with E-state index in [1.54, 1.807) is 0 Å². The van der Waals surface area contributed by atoms with Gasteiger partial charge in [0.15, 0.2) is 0 Å². The van der Waals surface area contributed by atoms with E-state index in [9.17, 15) is 19.3 Å². The molecule has 0 aliphatic carbocycles. The minimum Gasteiger partial charge on any atom is -0.399 e. The van der Waals surface area contributed by atoms with Crippen LogP contribution < -0.4 is 11.1 Å². The molecule has 6 nitrogen and oxygen atoms in total. The van der Waals surface area contributed by atoms with Crippen LogP contribution in [0.4, 0.5) is 21.5 Å². The Bertz CT molecular complexity index is 737. The zero-order valence-electron chi connectivity index (χ0n) is 10.5. The predicted molar refractivity (Wildman–Crippen MR) is 79.6 cm³/mol. The van der Waals surface area contributed by atoms with Gasteiger partial charge in [-0.3, -0.25) is 14.9 Å². The number of benzene rings is 2. The Balaban J connectivity index is 2.34. The average Bonchev–Trinajstić information content (AvgIpc) is 2.42. The van der Waals surface area contributed by atoms with E-state index in [1.165, 1.54) is 24.3 Å². The maximum absolute atomic E-state index is 13.4. The van der Waals surface area contributed by atoms with Gasteiger partial charge < -0.3 is 11.1 Å². The van der Waals surface area contributed by atoms with Gasteiger partial charge in [-0.1, -0.05) is 0 Å². The Morgan fingerprint density at radius 3 is 2.62 bits per heavy atom. The number of nitrogens with zero attached hydrogens (tertiary/aromatic N) is 1. The van der Waals surface area contributed by atoms with Crippen molar-refractivity contribution >= 4 is 38.9 Å². The SMILES string of the molecule is Nc1ccc([N+](=O)[O-])c(C(=O)Nc2ccc(Br)c(F)c2)c1. The van der Waals surface area contributed by atoms with Crippen LogP contribution in [0.3, 0.4) is 0 Å². The highest BCUT2D eigenvalue weighted by Gasteiger charge is 2.20. The van der Waals surface area contributed by atoms with Crippen molar-refractivity contribution in [2.24, 2.45) is 0 Å². The number of nitrogens with two attached hydrogens (primary N) is 1. The van der Waals surface area contributed by atoms with E-state index in [1.807, 2.05) is 0 Å². The van der Waals surface area contributed by atoms with Gasteiger partial charge in [0, 0.05) is 17.4 Å². The molecule has 0 unspecified atom stereocenters. The van der Waals surface area contributed by atoms with Gasteiger partial charge in [-0.05, 0) is 46.3 Å². The molecular formula is C13H9BrFN3O3. The second-order valence-corrected chi connectivity index (χ2v) is 4.97. The molecule has 0 saturated carbocycles. The summed E-state index contributed by atoms with van der Waals surface area (Å²) in [5.74, 6) is -1.30. The Hall–Kier alpha value is -2.48. The third-order valence-electron chi connectivity index (χ3n) is 2.64. The lowest BCUT2D eigenvalue weighted by Crippen LogP contribution is -2.14. The molecule has 2 aromatic carbocycles. The van der Waals surface area contributed by atoms with Gasteiger partial charge in [0.1, 0.15) is 11.4 Å². The molecule has 2 aromatic rings. The molecule has 0 aromatic heterocycles. The third kappa shape index (κ3) is 3.34. The van der Waals surface area contributed by atoms with Crippen molar-refractivity contribution in [2.45, 2.75) is 0 Å². The second-order valence-electron chi connectivity index (χ2n) is 4.12. The van der Waals surface area contributed by atoms with Crippen molar-refractivity contribution in [3.8, 4) is 0 Å². The van der Waals surface area contributed by atoms with E-state index in [0.29, 0.717) is 0 Å². The smallest absolute Gasteiger partial charge is 0.282 e. The van der Waals surface area contributed by atoms with Crippen molar-refractivity contribution < 1.29 is 14.1 Å². The molecular weight excluding hydrogens is 345 g/mol. The van der Waals surface area contributed by atoms with E-state index in [2.05, 4.69) is 21.2 Å². The number of amides is 1. The molecule has 0 spiro atoms. The Labute approximate surface area is 127 Å². The molecule has 108 valence electrons. The highest BCUT2D eigenvalue weighted by molar-refractivity contribution is 9.10. The number of carbonyl (C=O) groups is 1. The van der Waals surface area contributed by atoms with Crippen LogP contribution in [0.15, 0.2) is 40.9 Å². The Kier molecular flexibility index (Phi) is 4.18. The molecule has 0 atom stereocenters. The van der Waals surface area contributed by atoms with Crippen molar-refractivity contribution in [1.82, 2.24) is 0 Å². The average molecular weight is 354 g/mol. The number of nitro groups is 1. The third-order valence-corrected chi connectivity index (χ3v) is 3.28. The minimum absolute atomic E-state index is 0.178. The molecule has 0 radical (unpaired) electrons. The number of rotatable bonds is 3. The van der Waals surface area contributed by atoms with E-state index >= 15 is 0 Å². The first-order chi connectivity index (χ1) is 9.88. The minimum atomic E-state index is -0.740. The predicted octanol–water partition coefficient (Wildman–Crippen LogP) is 3.33. The fourth-order valence-corrected chi connectivity index (χ4v) is 1.91. The number of halogens is 2. The van der Waals surface area contributed by atoms with Gasteiger partial charge in [-0.2, -0.15) is 0 Å². The summed E-state index contributed by atoms with van der Waals surface area (Å²) in [7, 11) is 0. The van der Waals surface area contributed by atoms with E-state index < -0.39 is 16.6 Å². The number of hydrogen-bond acceptors (Lipinski definition) is 4. The first kappa shape index (κ1) is 14.9. The number of nitrogens with one attached hydrogen (secondary N) is 1. The summed E-state index contributed by atoms with van der Waals surface area (Å²) in [6.07, 6.45) is 0. The largest absolute Gasteiger partial charge is 0.399 e. The number of hydrogen-bond donors (Lipinski definition) is 2. The Morgan fingerprint density at radius 2 is 2.00 bits per heavy atom. The summed E-state index contributed by atoms with van der Waals surface area (Å²) in [5, 5.41) is 13.3.